The Balaban J connectivity index is 2.51. The van der Waals surface area contributed by atoms with E-state index in [1.54, 1.807) is 6.07 Å². The van der Waals surface area contributed by atoms with Crippen LogP contribution in [-0.4, -0.2) is 5.11 Å². The number of halogens is 2. The van der Waals surface area contributed by atoms with Gasteiger partial charge in [0.25, 0.3) is 0 Å². The summed E-state index contributed by atoms with van der Waals surface area (Å²) in [6.07, 6.45) is 2.64. The maximum absolute atomic E-state index is 13.2. The lowest BCUT2D eigenvalue weighted by Gasteiger charge is -2.39. The number of aromatic hydroxyl groups is 1. The Hall–Kier alpha value is -0.610. The maximum Gasteiger partial charge on any atom is 0.166 e. The van der Waals surface area contributed by atoms with E-state index in [9.17, 15) is 9.50 Å². The molecular weight excluding hydrogens is 249 g/mol. The number of rotatable bonds is 1. The van der Waals surface area contributed by atoms with Gasteiger partial charge in [-0.15, -0.1) is 0 Å². The number of benzene rings is 1. The molecule has 0 amide bonds. The molecule has 1 aromatic carbocycles. The Bertz CT molecular complexity index is 377. The third-order valence-electron chi connectivity index (χ3n) is 2.81. The van der Waals surface area contributed by atoms with Crippen molar-refractivity contribution >= 4 is 15.9 Å². The first kappa shape index (κ1) is 9.93. The lowest BCUT2D eigenvalue weighted by atomic mass is 9.72. The largest absolute Gasteiger partial charge is 0.505 e. The van der Waals surface area contributed by atoms with Crippen LogP contribution >= 0.6 is 15.9 Å². The van der Waals surface area contributed by atoms with E-state index in [2.05, 4.69) is 15.9 Å². The number of phenols is 1. The summed E-state index contributed by atoms with van der Waals surface area (Å²) in [5, 5.41) is 9.55. The molecule has 0 radical (unpaired) electrons. The third kappa shape index (κ3) is 1.42. The Labute approximate surface area is 90.1 Å². The molecule has 3 N–H and O–H groups in total. The van der Waals surface area contributed by atoms with Gasteiger partial charge in [0.15, 0.2) is 11.6 Å². The normalized spacial score (nSPS) is 19.1. The van der Waals surface area contributed by atoms with Gasteiger partial charge in [0, 0.05) is 15.6 Å². The van der Waals surface area contributed by atoms with Crippen LogP contribution in [0.5, 0.6) is 5.75 Å². The highest BCUT2D eigenvalue weighted by molar-refractivity contribution is 9.10. The van der Waals surface area contributed by atoms with E-state index in [0.29, 0.717) is 10.0 Å². The summed E-state index contributed by atoms with van der Waals surface area (Å²) < 4.78 is 13.8. The Kier molecular flexibility index (Phi) is 2.27. The van der Waals surface area contributed by atoms with Crippen molar-refractivity contribution in [1.82, 2.24) is 0 Å². The summed E-state index contributed by atoms with van der Waals surface area (Å²) >= 11 is 3.19. The highest BCUT2D eigenvalue weighted by Gasteiger charge is 2.37. The van der Waals surface area contributed by atoms with Crippen LogP contribution < -0.4 is 5.73 Å². The van der Waals surface area contributed by atoms with Crippen LogP contribution in [0.3, 0.4) is 0 Å². The first-order valence-electron chi connectivity index (χ1n) is 4.50. The number of hydrogen-bond acceptors (Lipinski definition) is 2. The molecule has 0 unspecified atom stereocenters. The van der Waals surface area contributed by atoms with Crippen LogP contribution in [0, 0.1) is 5.82 Å². The van der Waals surface area contributed by atoms with Crippen LogP contribution in [-0.2, 0) is 5.54 Å². The predicted octanol–water partition coefficient (Wildman–Crippen LogP) is 2.63. The minimum absolute atomic E-state index is 0.310. The molecule has 1 fully saturated rings. The quantitative estimate of drug-likeness (QED) is 0.815. The molecule has 0 atom stereocenters. The summed E-state index contributed by atoms with van der Waals surface area (Å²) in [7, 11) is 0. The third-order valence-corrected chi connectivity index (χ3v) is 3.27. The van der Waals surface area contributed by atoms with Gasteiger partial charge >= 0.3 is 0 Å². The van der Waals surface area contributed by atoms with Crippen molar-refractivity contribution in [3.05, 3.63) is 28.0 Å². The molecule has 0 aromatic heterocycles. The van der Waals surface area contributed by atoms with Crippen molar-refractivity contribution in [2.24, 2.45) is 5.73 Å². The molecule has 14 heavy (non-hydrogen) atoms. The number of nitrogens with two attached hydrogens (primary N) is 1. The van der Waals surface area contributed by atoms with Gasteiger partial charge < -0.3 is 10.8 Å². The molecule has 1 aliphatic rings. The van der Waals surface area contributed by atoms with Gasteiger partial charge in [-0.1, -0.05) is 15.9 Å². The van der Waals surface area contributed by atoms with Gasteiger partial charge in [-0.05, 0) is 31.4 Å². The molecule has 1 aromatic rings. The molecule has 0 aliphatic heterocycles. The van der Waals surface area contributed by atoms with Crippen LogP contribution in [0.2, 0.25) is 0 Å². The van der Waals surface area contributed by atoms with Gasteiger partial charge in [0.1, 0.15) is 0 Å². The number of hydrogen-bond donors (Lipinski definition) is 2. The van der Waals surface area contributed by atoms with Gasteiger partial charge in [-0.2, -0.15) is 0 Å². The topological polar surface area (TPSA) is 46.2 Å². The van der Waals surface area contributed by atoms with Crippen LogP contribution in [0.1, 0.15) is 24.8 Å². The van der Waals surface area contributed by atoms with Gasteiger partial charge in [0.2, 0.25) is 0 Å². The second kappa shape index (κ2) is 3.21. The van der Waals surface area contributed by atoms with E-state index in [4.69, 9.17) is 5.73 Å². The molecule has 2 nitrogen and oxygen atoms in total. The van der Waals surface area contributed by atoms with Crippen molar-refractivity contribution in [3.8, 4) is 5.75 Å². The minimum Gasteiger partial charge on any atom is -0.505 e. The fraction of sp³-hybridized carbons (Fsp3) is 0.400. The van der Waals surface area contributed by atoms with E-state index >= 15 is 0 Å². The van der Waals surface area contributed by atoms with Crippen molar-refractivity contribution < 1.29 is 9.50 Å². The highest BCUT2D eigenvalue weighted by atomic mass is 79.9. The Morgan fingerprint density at radius 2 is 2.07 bits per heavy atom. The molecule has 0 spiro atoms. The molecular formula is C10H11BrFNO. The highest BCUT2D eigenvalue weighted by Crippen LogP contribution is 2.44. The zero-order chi connectivity index (χ0) is 10.3. The number of phenolic OH excluding ortho intramolecular Hbond substituents is 1. The summed E-state index contributed by atoms with van der Waals surface area (Å²) in [5.74, 6) is -0.929. The van der Waals surface area contributed by atoms with Crippen molar-refractivity contribution in [1.29, 1.82) is 0 Å². The average Bonchev–Trinajstić information content (AvgIpc) is 2.07. The standard InChI is InChI=1S/C10H11BrFNO/c11-6-4-7(9(14)8(12)5-6)10(13)2-1-3-10/h4-5,14H,1-3,13H2. The maximum atomic E-state index is 13.2. The first-order valence-corrected chi connectivity index (χ1v) is 5.30. The SMILES string of the molecule is NC1(c2cc(Br)cc(F)c2O)CCC1. The fourth-order valence-electron chi connectivity index (χ4n) is 1.77. The smallest absolute Gasteiger partial charge is 0.166 e. The van der Waals surface area contributed by atoms with Gasteiger partial charge in [0.05, 0.1) is 0 Å². The molecule has 0 saturated heterocycles. The lowest BCUT2D eigenvalue weighted by molar-refractivity contribution is 0.243. The second-order valence-corrected chi connectivity index (χ2v) is 4.71. The van der Waals surface area contributed by atoms with Crippen molar-refractivity contribution in [2.45, 2.75) is 24.8 Å². The zero-order valence-electron chi connectivity index (χ0n) is 7.56. The van der Waals surface area contributed by atoms with E-state index < -0.39 is 11.4 Å². The minimum atomic E-state index is -0.619. The summed E-state index contributed by atoms with van der Waals surface area (Å²) in [6, 6.07) is 2.93. The van der Waals surface area contributed by atoms with E-state index in [0.717, 1.165) is 19.3 Å². The second-order valence-electron chi connectivity index (χ2n) is 3.79. The first-order chi connectivity index (χ1) is 6.53. The van der Waals surface area contributed by atoms with Crippen LogP contribution in [0.15, 0.2) is 16.6 Å². The molecule has 1 aliphatic carbocycles. The van der Waals surface area contributed by atoms with Crippen LogP contribution in [0.4, 0.5) is 4.39 Å². The lowest BCUT2D eigenvalue weighted by Crippen LogP contribution is -2.43. The van der Waals surface area contributed by atoms with Gasteiger partial charge in [-0.25, -0.2) is 4.39 Å². The Morgan fingerprint density at radius 3 is 2.57 bits per heavy atom. The van der Waals surface area contributed by atoms with Crippen molar-refractivity contribution in [2.75, 3.05) is 0 Å². The van der Waals surface area contributed by atoms with Gasteiger partial charge in [-0.3, -0.25) is 0 Å². The predicted molar refractivity (Wildman–Crippen MR) is 55.5 cm³/mol. The molecule has 0 heterocycles. The summed E-state index contributed by atoms with van der Waals surface area (Å²) in [5.41, 5.74) is 5.99. The molecule has 4 heteroatoms. The van der Waals surface area contributed by atoms with Crippen LogP contribution in [0.25, 0.3) is 0 Å². The Morgan fingerprint density at radius 1 is 1.43 bits per heavy atom. The molecule has 0 bridgehead atoms. The average molecular weight is 260 g/mol. The monoisotopic (exact) mass is 259 g/mol. The molecule has 76 valence electrons. The van der Waals surface area contributed by atoms with E-state index in [1.807, 2.05) is 0 Å². The van der Waals surface area contributed by atoms with E-state index in [1.165, 1.54) is 6.07 Å². The zero-order valence-corrected chi connectivity index (χ0v) is 9.14. The molecule has 2 rings (SSSR count). The summed E-state index contributed by atoms with van der Waals surface area (Å²) in [6.45, 7) is 0. The van der Waals surface area contributed by atoms with Crippen molar-refractivity contribution in [3.63, 3.8) is 0 Å². The van der Waals surface area contributed by atoms with E-state index in [-0.39, 0.29) is 5.75 Å². The molecule has 1 saturated carbocycles. The fourth-order valence-corrected chi connectivity index (χ4v) is 2.20. The summed E-state index contributed by atoms with van der Waals surface area (Å²) in [4.78, 5) is 0.